The fourth-order valence-electron chi connectivity index (χ4n) is 2.51. The number of nitrogens with zero attached hydrogens (tertiary/aromatic N) is 5. The van der Waals surface area contributed by atoms with E-state index in [1.165, 1.54) is 0 Å². The Morgan fingerprint density at radius 3 is 2.64 bits per heavy atom. The molecule has 4 aromatic rings. The van der Waals surface area contributed by atoms with Gasteiger partial charge in [-0.25, -0.2) is 9.78 Å². The Hall–Kier alpha value is -3.94. The molecule has 3 aromatic heterocycles. The van der Waals surface area contributed by atoms with Crippen molar-refractivity contribution in [2.45, 2.75) is 13.0 Å². The second-order valence-electron chi connectivity index (χ2n) is 5.87. The van der Waals surface area contributed by atoms with Gasteiger partial charge in [-0.2, -0.15) is 4.98 Å². The van der Waals surface area contributed by atoms with Crippen LogP contribution in [0.25, 0.3) is 11.3 Å². The van der Waals surface area contributed by atoms with E-state index >= 15 is 0 Å². The van der Waals surface area contributed by atoms with Crippen LogP contribution in [0, 0.1) is 0 Å². The van der Waals surface area contributed by atoms with Gasteiger partial charge in [0.25, 0.3) is 5.89 Å². The van der Waals surface area contributed by atoms with Crippen LogP contribution >= 0.6 is 0 Å². The first kappa shape index (κ1) is 17.5. The van der Waals surface area contributed by atoms with Gasteiger partial charge < -0.3 is 9.26 Å². The zero-order chi connectivity index (χ0) is 19.2. The van der Waals surface area contributed by atoms with E-state index in [1.807, 2.05) is 30.3 Å². The number of esters is 1. The van der Waals surface area contributed by atoms with Crippen molar-refractivity contribution >= 4 is 5.97 Å². The SMILES string of the molecule is O=C(OCc1nc(Cc2ccccc2)no1)c1ccc(-c2cnccn2)cn1. The minimum absolute atomic E-state index is 0.117. The summed E-state index contributed by atoms with van der Waals surface area (Å²) in [6.07, 6.45) is 6.89. The molecular weight excluding hydrogens is 358 g/mol. The fraction of sp³-hybridized carbons (Fsp3) is 0.100. The van der Waals surface area contributed by atoms with E-state index in [1.54, 1.807) is 36.9 Å². The number of aromatic nitrogens is 5. The van der Waals surface area contributed by atoms with Gasteiger partial charge in [0, 0.05) is 30.6 Å². The summed E-state index contributed by atoms with van der Waals surface area (Å²) in [6.45, 7) is -0.117. The summed E-state index contributed by atoms with van der Waals surface area (Å²) in [5.74, 6) is 0.188. The third kappa shape index (κ3) is 4.24. The number of carbonyl (C=O) groups excluding carboxylic acids is 1. The van der Waals surface area contributed by atoms with Crippen molar-refractivity contribution in [2.24, 2.45) is 0 Å². The average molecular weight is 373 g/mol. The first-order chi connectivity index (χ1) is 13.8. The molecule has 0 bridgehead atoms. The molecule has 138 valence electrons. The van der Waals surface area contributed by atoms with Crippen molar-refractivity contribution in [1.29, 1.82) is 0 Å². The van der Waals surface area contributed by atoms with Gasteiger partial charge in [0.05, 0.1) is 11.9 Å². The van der Waals surface area contributed by atoms with Crippen LogP contribution in [-0.4, -0.2) is 31.1 Å². The summed E-state index contributed by atoms with van der Waals surface area (Å²) >= 11 is 0. The second kappa shape index (κ2) is 8.17. The molecule has 0 radical (unpaired) electrons. The highest BCUT2D eigenvalue weighted by Crippen LogP contribution is 2.15. The fourth-order valence-corrected chi connectivity index (χ4v) is 2.51. The van der Waals surface area contributed by atoms with Crippen LogP contribution < -0.4 is 0 Å². The third-order valence-electron chi connectivity index (χ3n) is 3.87. The van der Waals surface area contributed by atoms with Crippen LogP contribution in [-0.2, 0) is 17.8 Å². The number of rotatable bonds is 6. The van der Waals surface area contributed by atoms with E-state index in [9.17, 15) is 4.79 Å². The molecule has 3 heterocycles. The Labute approximate surface area is 160 Å². The maximum atomic E-state index is 12.2. The predicted molar refractivity (Wildman–Crippen MR) is 97.9 cm³/mol. The van der Waals surface area contributed by atoms with Crippen molar-refractivity contribution in [1.82, 2.24) is 25.1 Å². The summed E-state index contributed by atoms with van der Waals surface area (Å²) in [4.78, 5) is 28.7. The van der Waals surface area contributed by atoms with Crippen molar-refractivity contribution in [3.05, 3.63) is 90.2 Å². The Morgan fingerprint density at radius 1 is 1.00 bits per heavy atom. The molecule has 0 aliphatic carbocycles. The maximum Gasteiger partial charge on any atom is 0.357 e. The molecule has 1 aromatic carbocycles. The van der Waals surface area contributed by atoms with Gasteiger partial charge in [-0.05, 0) is 17.7 Å². The lowest BCUT2D eigenvalue weighted by Crippen LogP contribution is -2.07. The molecule has 0 unspecified atom stereocenters. The van der Waals surface area contributed by atoms with Crippen LogP contribution in [0.4, 0.5) is 0 Å². The first-order valence-electron chi connectivity index (χ1n) is 8.53. The van der Waals surface area contributed by atoms with Gasteiger partial charge in [-0.3, -0.25) is 9.97 Å². The monoisotopic (exact) mass is 373 g/mol. The van der Waals surface area contributed by atoms with E-state index in [-0.39, 0.29) is 18.2 Å². The van der Waals surface area contributed by atoms with E-state index in [4.69, 9.17) is 9.26 Å². The second-order valence-corrected chi connectivity index (χ2v) is 5.87. The number of hydrogen-bond donors (Lipinski definition) is 0. The standard InChI is InChI=1S/C20H15N5O3/c26-20(16-7-6-15(11-23-16)17-12-21-8-9-22-17)27-13-19-24-18(25-28-19)10-14-4-2-1-3-5-14/h1-9,11-12H,10,13H2. The molecule has 0 N–H and O–H groups in total. The van der Waals surface area contributed by atoms with Crippen LogP contribution in [0.2, 0.25) is 0 Å². The lowest BCUT2D eigenvalue weighted by molar-refractivity contribution is 0.0423. The van der Waals surface area contributed by atoms with E-state index in [0.29, 0.717) is 17.9 Å². The quantitative estimate of drug-likeness (QED) is 0.475. The largest absolute Gasteiger partial charge is 0.451 e. The number of benzene rings is 1. The summed E-state index contributed by atoms with van der Waals surface area (Å²) in [5.41, 5.74) is 2.68. The third-order valence-corrected chi connectivity index (χ3v) is 3.87. The highest BCUT2D eigenvalue weighted by molar-refractivity contribution is 5.87. The van der Waals surface area contributed by atoms with Crippen molar-refractivity contribution in [3.8, 4) is 11.3 Å². The van der Waals surface area contributed by atoms with Crippen LogP contribution in [0.15, 0.2) is 71.8 Å². The van der Waals surface area contributed by atoms with Gasteiger partial charge in [0.15, 0.2) is 12.4 Å². The average Bonchev–Trinajstić information content (AvgIpc) is 3.21. The van der Waals surface area contributed by atoms with Gasteiger partial charge in [0.2, 0.25) is 0 Å². The molecule has 4 rings (SSSR count). The van der Waals surface area contributed by atoms with Crippen molar-refractivity contribution in [2.75, 3.05) is 0 Å². The van der Waals surface area contributed by atoms with Gasteiger partial charge in [0.1, 0.15) is 5.69 Å². The van der Waals surface area contributed by atoms with Crippen LogP contribution in [0.1, 0.15) is 27.8 Å². The highest BCUT2D eigenvalue weighted by Gasteiger charge is 2.13. The maximum absolute atomic E-state index is 12.2. The summed E-state index contributed by atoms with van der Waals surface area (Å²) in [6, 6.07) is 13.1. The molecular formula is C20H15N5O3. The molecule has 0 aliphatic rings. The van der Waals surface area contributed by atoms with E-state index in [0.717, 1.165) is 11.1 Å². The Balaban J connectivity index is 1.34. The van der Waals surface area contributed by atoms with Crippen molar-refractivity contribution < 1.29 is 14.1 Å². The topological polar surface area (TPSA) is 104 Å². The van der Waals surface area contributed by atoms with Crippen LogP contribution in [0.3, 0.4) is 0 Å². The number of carbonyl (C=O) groups is 1. The Morgan fingerprint density at radius 2 is 1.89 bits per heavy atom. The minimum atomic E-state index is -0.575. The number of hydrogen-bond acceptors (Lipinski definition) is 8. The predicted octanol–water partition coefficient (Wildman–Crippen LogP) is 2.87. The molecule has 0 amide bonds. The molecule has 0 spiro atoms. The van der Waals surface area contributed by atoms with Crippen LogP contribution in [0.5, 0.6) is 0 Å². The molecule has 0 aliphatic heterocycles. The first-order valence-corrected chi connectivity index (χ1v) is 8.53. The molecule has 8 nitrogen and oxygen atoms in total. The molecule has 0 saturated carbocycles. The zero-order valence-corrected chi connectivity index (χ0v) is 14.7. The zero-order valence-electron chi connectivity index (χ0n) is 14.7. The summed E-state index contributed by atoms with van der Waals surface area (Å²) < 4.78 is 10.3. The molecule has 0 atom stereocenters. The molecule has 28 heavy (non-hydrogen) atoms. The number of pyridine rings is 1. The van der Waals surface area contributed by atoms with Gasteiger partial charge >= 0.3 is 5.97 Å². The summed E-state index contributed by atoms with van der Waals surface area (Å²) in [5, 5.41) is 3.90. The highest BCUT2D eigenvalue weighted by atomic mass is 16.6. The normalized spacial score (nSPS) is 10.6. The Bertz CT molecular complexity index is 1050. The van der Waals surface area contributed by atoms with E-state index in [2.05, 4.69) is 25.1 Å². The lowest BCUT2D eigenvalue weighted by atomic mass is 10.1. The van der Waals surface area contributed by atoms with Gasteiger partial charge in [-0.15, -0.1) is 0 Å². The Kier molecular flexibility index (Phi) is 5.10. The van der Waals surface area contributed by atoms with Crippen molar-refractivity contribution in [3.63, 3.8) is 0 Å². The molecule has 8 heteroatoms. The minimum Gasteiger partial charge on any atom is -0.451 e. The molecule has 0 fully saturated rings. The smallest absolute Gasteiger partial charge is 0.357 e. The molecule has 0 saturated heterocycles. The van der Waals surface area contributed by atoms with E-state index < -0.39 is 5.97 Å². The summed E-state index contributed by atoms with van der Waals surface area (Å²) in [7, 11) is 0. The van der Waals surface area contributed by atoms with Gasteiger partial charge in [-0.1, -0.05) is 35.5 Å². The number of ether oxygens (including phenoxy) is 1. The lowest BCUT2D eigenvalue weighted by Gasteiger charge is -2.03.